The van der Waals surface area contributed by atoms with E-state index in [9.17, 15) is 22.8 Å². The summed E-state index contributed by atoms with van der Waals surface area (Å²) < 4.78 is 52.7. The van der Waals surface area contributed by atoms with E-state index in [1.807, 2.05) is 36.1 Å². The van der Waals surface area contributed by atoms with E-state index in [1.54, 1.807) is 25.1 Å². The number of hydrogen-bond donors (Lipinski definition) is 2. The van der Waals surface area contributed by atoms with Crippen molar-refractivity contribution in [3.8, 4) is 17.0 Å². The van der Waals surface area contributed by atoms with Gasteiger partial charge in [-0.2, -0.15) is 18.2 Å². The van der Waals surface area contributed by atoms with Crippen molar-refractivity contribution in [3.05, 3.63) is 88.1 Å². The van der Waals surface area contributed by atoms with E-state index in [0.717, 1.165) is 28.4 Å². The minimum absolute atomic E-state index is 0.0507. The summed E-state index contributed by atoms with van der Waals surface area (Å²) in [4.78, 5) is 30.1. The summed E-state index contributed by atoms with van der Waals surface area (Å²) in [5, 5.41) is 8.15. The summed E-state index contributed by atoms with van der Waals surface area (Å²) in [6.45, 7) is 6.30. The first-order valence-corrected chi connectivity index (χ1v) is 13.4. The molecular weight excluding hydrogens is 549 g/mol. The molecule has 0 fully saturated rings. The van der Waals surface area contributed by atoms with Crippen molar-refractivity contribution >= 4 is 23.9 Å². The van der Waals surface area contributed by atoms with E-state index in [4.69, 9.17) is 14.9 Å². The molecule has 0 radical (unpaired) electrons. The standard InChI is InChI=1S/C31H31F3N4O4/c1-4-41-30(40)25(16-35)29(31(32,33)34)37-28-7-5-6-26(36-28)24-14-19(2)8-11-27(24)42-18-21-9-10-23-17-38(20(3)39)13-12-22(23)15-21/h5-11,14-16,35H,4,12-13,17-18H2,1-3H3,(H,36,37)/p+1. The zero-order valence-electron chi connectivity index (χ0n) is 23.5. The average molecular weight is 582 g/mol. The summed E-state index contributed by atoms with van der Waals surface area (Å²) >= 11 is 0. The molecule has 0 bridgehead atoms. The molecule has 8 nitrogen and oxygen atoms in total. The lowest BCUT2D eigenvalue weighted by atomic mass is 9.97. The summed E-state index contributed by atoms with van der Waals surface area (Å²) in [6, 6.07) is 16.2. The fraction of sp³-hybridized carbons (Fsp3) is 0.290. The van der Waals surface area contributed by atoms with E-state index in [0.29, 0.717) is 36.3 Å². The van der Waals surface area contributed by atoms with E-state index >= 15 is 0 Å². The van der Waals surface area contributed by atoms with Gasteiger partial charge in [0, 0.05) is 37.9 Å². The van der Waals surface area contributed by atoms with Crippen molar-refractivity contribution in [2.45, 2.75) is 46.5 Å². The molecule has 0 aliphatic carbocycles. The van der Waals surface area contributed by atoms with Gasteiger partial charge in [0.25, 0.3) is 0 Å². The van der Waals surface area contributed by atoms with Crippen LogP contribution in [0.2, 0.25) is 0 Å². The van der Waals surface area contributed by atoms with Crippen LogP contribution in [-0.4, -0.2) is 47.3 Å². The Morgan fingerprint density at radius 3 is 2.60 bits per heavy atom. The van der Waals surface area contributed by atoms with Gasteiger partial charge in [-0.15, -0.1) is 0 Å². The van der Waals surface area contributed by atoms with E-state index in [2.05, 4.69) is 11.1 Å². The maximum absolute atomic E-state index is 13.9. The quantitative estimate of drug-likeness (QED) is 0.215. The van der Waals surface area contributed by atoms with Gasteiger partial charge in [0.05, 0.1) is 12.3 Å². The predicted molar refractivity (Wildman–Crippen MR) is 150 cm³/mol. The molecule has 1 aliphatic rings. The Bertz CT molecular complexity index is 1530. The van der Waals surface area contributed by atoms with Crippen LogP contribution in [0.15, 0.2) is 65.9 Å². The number of fused-ring (bicyclic) bond motifs is 1. The second kappa shape index (κ2) is 13.0. The molecule has 4 rings (SSSR count). The molecule has 220 valence electrons. The molecule has 0 atom stereocenters. The summed E-state index contributed by atoms with van der Waals surface area (Å²) in [5.74, 6) is -0.732. The minimum Gasteiger partial charge on any atom is -0.488 e. The number of nitrogens with zero attached hydrogens (tertiary/aromatic N) is 2. The Kier molecular flexibility index (Phi) is 9.41. The van der Waals surface area contributed by atoms with Crippen LogP contribution in [-0.2, 0) is 33.9 Å². The largest absolute Gasteiger partial charge is 0.488 e. The smallest absolute Gasteiger partial charge is 0.468 e. The number of carbonyl (C=O) groups excluding carboxylic acids is 2. The first kappa shape index (κ1) is 30.4. The van der Waals surface area contributed by atoms with Crippen LogP contribution in [0.25, 0.3) is 11.3 Å². The number of halogens is 3. The lowest BCUT2D eigenvalue weighted by Gasteiger charge is -2.28. The molecule has 3 N–H and O–H groups in total. The van der Waals surface area contributed by atoms with Crippen molar-refractivity contribution in [3.63, 3.8) is 0 Å². The Balaban J connectivity index is 1.60. The molecule has 0 saturated heterocycles. The van der Waals surface area contributed by atoms with Crippen LogP contribution in [0.1, 0.15) is 36.1 Å². The number of ether oxygens (including phenoxy) is 2. The van der Waals surface area contributed by atoms with E-state index in [1.165, 1.54) is 18.6 Å². The second-order valence-electron chi connectivity index (χ2n) is 9.86. The van der Waals surface area contributed by atoms with Crippen molar-refractivity contribution < 1.29 is 37.6 Å². The highest BCUT2D eigenvalue weighted by atomic mass is 19.4. The van der Waals surface area contributed by atoms with Crippen LogP contribution >= 0.6 is 0 Å². The van der Waals surface area contributed by atoms with Gasteiger partial charge in [0.2, 0.25) is 17.4 Å². The molecule has 0 spiro atoms. The number of carbonyl (C=O) groups is 2. The zero-order chi connectivity index (χ0) is 30.4. The van der Waals surface area contributed by atoms with Gasteiger partial charge in [-0.05, 0) is 55.2 Å². The third-order valence-corrected chi connectivity index (χ3v) is 6.83. The number of quaternary nitrogens is 1. The highest BCUT2D eigenvalue weighted by molar-refractivity contribution is 6.09. The van der Waals surface area contributed by atoms with E-state index in [-0.39, 0.29) is 24.9 Å². The average Bonchev–Trinajstić information content (AvgIpc) is 2.95. The monoisotopic (exact) mass is 581 g/mol. The van der Waals surface area contributed by atoms with Gasteiger partial charge in [-0.25, -0.2) is 4.79 Å². The maximum Gasteiger partial charge on any atom is 0.468 e. The third kappa shape index (κ3) is 7.22. The number of pyridine rings is 1. The number of hydrogen-bond acceptors (Lipinski definition) is 6. The molecule has 0 saturated carbocycles. The predicted octanol–water partition coefficient (Wildman–Crippen LogP) is 4.76. The lowest BCUT2D eigenvalue weighted by molar-refractivity contribution is -0.548. The highest BCUT2D eigenvalue weighted by Crippen LogP contribution is 2.32. The van der Waals surface area contributed by atoms with Gasteiger partial charge in [0.1, 0.15) is 17.9 Å². The van der Waals surface area contributed by atoms with Gasteiger partial charge < -0.3 is 19.8 Å². The maximum atomic E-state index is 13.9. The van der Waals surface area contributed by atoms with Crippen LogP contribution < -0.4 is 10.1 Å². The van der Waals surface area contributed by atoms with Crippen LogP contribution in [0, 0.1) is 12.3 Å². The highest BCUT2D eigenvalue weighted by Gasteiger charge is 2.43. The lowest BCUT2D eigenvalue weighted by Crippen LogP contribution is -2.80. The molecule has 2 heterocycles. The Morgan fingerprint density at radius 1 is 1.12 bits per heavy atom. The molecular formula is C31H32F3N4O4+. The molecule has 11 heteroatoms. The summed E-state index contributed by atoms with van der Waals surface area (Å²) in [5.41, 5.74) is 2.88. The minimum atomic E-state index is -4.92. The normalized spacial score (nSPS) is 13.6. The molecule has 1 aromatic heterocycles. The van der Waals surface area contributed by atoms with Gasteiger partial charge >= 0.3 is 12.1 Å². The molecule has 1 aliphatic heterocycles. The fourth-order valence-electron chi connectivity index (χ4n) is 4.69. The molecule has 42 heavy (non-hydrogen) atoms. The number of nitrogens with two attached hydrogens (primary N) is 1. The molecule has 2 aromatic carbocycles. The molecule has 1 amide bonds. The third-order valence-electron chi connectivity index (χ3n) is 6.83. The first-order chi connectivity index (χ1) is 20.0. The van der Waals surface area contributed by atoms with Gasteiger partial charge in [-0.3, -0.25) is 10.1 Å². The number of aryl methyl sites for hydroxylation is 1. The summed E-state index contributed by atoms with van der Waals surface area (Å²) in [6.07, 6.45) is -3.82. The number of benzene rings is 2. The number of amides is 1. The Labute approximate surface area is 241 Å². The van der Waals surface area contributed by atoms with Crippen molar-refractivity contribution in [2.75, 3.05) is 13.2 Å². The van der Waals surface area contributed by atoms with Crippen LogP contribution in [0.5, 0.6) is 5.75 Å². The first-order valence-electron chi connectivity index (χ1n) is 13.4. The number of nitrogens with one attached hydrogen (secondary N) is 1. The molecule has 3 aromatic rings. The van der Waals surface area contributed by atoms with Crippen molar-refractivity contribution in [1.82, 2.24) is 9.88 Å². The SMILES string of the molecule is CCOC(=O)C(C=N)=C([NH2+]c1cccc(-c2cc(C)ccc2OCc2ccc3c(c2)CCN(C(C)=O)C3)n1)C(F)(F)F. The van der Waals surface area contributed by atoms with Crippen LogP contribution in [0.3, 0.4) is 0 Å². The second-order valence-corrected chi connectivity index (χ2v) is 9.86. The van der Waals surface area contributed by atoms with Gasteiger partial charge in [0.15, 0.2) is 0 Å². The van der Waals surface area contributed by atoms with Crippen molar-refractivity contribution in [2.24, 2.45) is 0 Å². The number of allylic oxidation sites excluding steroid dienone is 1. The zero-order valence-corrected chi connectivity index (χ0v) is 23.5. The fourth-order valence-corrected chi connectivity index (χ4v) is 4.69. The van der Waals surface area contributed by atoms with Crippen LogP contribution in [0.4, 0.5) is 19.0 Å². The summed E-state index contributed by atoms with van der Waals surface area (Å²) in [7, 11) is 0. The Hall–Kier alpha value is -4.51. The van der Waals surface area contributed by atoms with Crippen molar-refractivity contribution in [1.29, 1.82) is 5.41 Å². The molecule has 0 unspecified atom stereocenters. The number of rotatable bonds is 9. The topological polar surface area (TPSA) is 109 Å². The number of alkyl halides is 3. The van der Waals surface area contributed by atoms with E-state index < -0.39 is 23.4 Å². The number of esters is 1. The Morgan fingerprint density at radius 2 is 1.90 bits per heavy atom. The van der Waals surface area contributed by atoms with Gasteiger partial charge in [-0.1, -0.05) is 35.9 Å². The number of aromatic nitrogens is 1.